The van der Waals surface area contributed by atoms with E-state index in [9.17, 15) is 0 Å². The standard InChI is InChI=1S/C12H19NO/c1-10-9-12(13(2)3)7-6-11(10)5-4-8-14/h6-7,9,14H,4-5,8H2,1-3H3. The maximum absolute atomic E-state index is 8.75. The molecule has 0 saturated heterocycles. The zero-order valence-corrected chi connectivity index (χ0v) is 9.25. The Bertz CT molecular complexity index is 294. The Balaban J connectivity index is 2.79. The molecule has 1 aromatic rings. The third kappa shape index (κ3) is 2.74. The fourth-order valence-electron chi connectivity index (χ4n) is 1.51. The number of aryl methyl sites for hydroxylation is 2. The Labute approximate surface area is 86.2 Å². The largest absolute Gasteiger partial charge is 0.396 e. The average Bonchev–Trinajstić information content (AvgIpc) is 2.15. The van der Waals surface area contributed by atoms with E-state index in [4.69, 9.17) is 5.11 Å². The quantitative estimate of drug-likeness (QED) is 0.790. The predicted octanol–water partition coefficient (Wildman–Crippen LogP) is 1.99. The zero-order valence-electron chi connectivity index (χ0n) is 9.25. The molecule has 0 amide bonds. The molecule has 0 heterocycles. The van der Waals surface area contributed by atoms with E-state index in [1.54, 1.807) is 0 Å². The third-order valence-electron chi connectivity index (χ3n) is 2.45. The molecule has 0 spiro atoms. The van der Waals surface area contributed by atoms with Gasteiger partial charge in [-0.2, -0.15) is 0 Å². The van der Waals surface area contributed by atoms with Crippen molar-refractivity contribution in [3.63, 3.8) is 0 Å². The van der Waals surface area contributed by atoms with Crippen LogP contribution < -0.4 is 4.90 Å². The Kier molecular flexibility index (Phi) is 3.96. The molecule has 0 aliphatic carbocycles. The molecule has 0 unspecified atom stereocenters. The second-order valence-electron chi connectivity index (χ2n) is 3.83. The Hall–Kier alpha value is -1.02. The minimum absolute atomic E-state index is 0.273. The SMILES string of the molecule is Cc1cc(N(C)C)ccc1CCCO. The lowest BCUT2D eigenvalue weighted by Gasteiger charge is -2.14. The summed E-state index contributed by atoms with van der Waals surface area (Å²) in [4.78, 5) is 2.10. The second kappa shape index (κ2) is 5.01. The van der Waals surface area contributed by atoms with Crippen molar-refractivity contribution in [3.05, 3.63) is 29.3 Å². The molecule has 0 aliphatic rings. The van der Waals surface area contributed by atoms with Crippen molar-refractivity contribution in [3.8, 4) is 0 Å². The maximum Gasteiger partial charge on any atom is 0.0434 e. The topological polar surface area (TPSA) is 23.5 Å². The van der Waals surface area contributed by atoms with Crippen molar-refractivity contribution in [2.75, 3.05) is 25.6 Å². The van der Waals surface area contributed by atoms with Crippen LogP contribution in [-0.2, 0) is 6.42 Å². The van der Waals surface area contributed by atoms with Crippen LogP contribution in [0.2, 0.25) is 0 Å². The summed E-state index contributed by atoms with van der Waals surface area (Å²) in [6, 6.07) is 6.47. The maximum atomic E-state index is 8.75. The Morgan fingerprint density at radius 2 is 2.00 bits per heavy atom. The van der Waals surface area contributed by atoms with Crippen LogP contribution in [0.25, 0.3) is 0 Å². The van der Waals surface area contributed by atoms with Gasteiger partial charge in [-0.15, -0.1) is 0 Å². The highest BCUT2D eigenvalue weighted by Gasteiger charge is 2.00. The molecular formula is C12H19NO. The van der Waals surface area contributed by atoms with Gasteiger partial charge in [-0.3, -0.25) is 0 Å². The number of hydrogen-bond donors (Lipinski definition) is 1. The molecule has 1 N–H and O–H groups in total. The Morgan fingerprint density at radius 3 is 2.50 bits per heavy atom. The van der Waals surface area contributed by atoms with Gasteiger partial charge in [-0.05, 0) is 43.0 Å². The first-order valence-electron chi connectivity index (χ1n) is 5.03. The minimum Gasteiger partial charge on any atom is -0.396 e. The lowest BCUT2D eigenvalue weighted by Crippen LogP contribution is -2.09. The van der Waals surface area contributed by atoms with Crippen LogP contribution in [0.3, 0.4) is 0 Å². The van der Waals surface area contributed by atoms with Crippen molar-refractivity contribution in [2.45, 2.75) is 19.8 Å². The molecule has 1 rings (SSSR count). The van der Waals surface area contributed by atoms with E-state index in [1.165, 1.54) is 16.8 Å². The molecule has 0 radical (unpaired) electrons. The van der Waals surface area contributed by atoms with E-state index >= 15 is 0 Å². The monoisotopic (exact) mass is 193 g/mol. The molecule has 0 atom stereocenters. The van der Waals surface area contributed by atoms with Crippen molar-refractivity contribution < 1.29 is 5.11 Å². The van der Waals surface area contributed by atoms with E-state index in [0.29, 0.717) is 0 Å². The number of nitrogens with zero attached hydrogens (tertiary/aromatic N) is 1. The van der Waals surface area contributed by atoms with Gasteiger partial charge in [-0.1, -0.05) is 6.07 Å². The number of rotatable bonds is 4. The highest BCUT2D eigenvalue weighted by atomic mass is 16.2. The van der Waals surface area contributed by atoms with Crippen LogP contribution in [0.4, 0.5) is 5.69 Å². The molecular weight excluding hydrogens is 174 g/mol. The lowest BCUT2D eigenvalue weighted by molar-refractivity contribution is 0.288. The number of hydrogen-bond acceptors (Lipinski definition) is 2. The second-order valence-corrected chi connectivity index (χ2v) is 3.83. The van der Waals surface area contributed by atoms with Gasteiger partial charge >= 0.3 is 0 Å². The van der Waals surface area contributed by atoms with Gasteiger partial charge in [0.1, 0.15) is 0 Å². The van der Waals surface area contributed by atoms with Crippen LogP contribution in [0.5, 0.6) is 0 Å². The lowest BCUT2D eigenvalue weighted by atomic mass is 10.0. The zero-order chi connectivity index (χ0) is 10.6. The molecule has 1 aromatic carbocycles. The Morgan fingerprint density at radius 1 is 1.29 bits per heavy atom. The van der Waals surface area contributed by atoms with Crippen molar-refractivity contribution in [1.82, 2.24) is 0 Å². The van der Waals surface area contributed by atoms with Gasteiger partial charge < -0.3 is 10.0 Å². The van der Waals surface area contributed by atoms with E-state index < -0.39 is 0 Å². The van der Waals surface area contributed by atoms with Gasteiger partial charge in [0.05, 0.1) is 0 Å². The molecule has 0 fully saturated rings. The predicted molar refractivity (Wildman–Crippen MR) is 60.9 cm³/mol. The summed E-state index contributed by atoms with van der Waals surface area (Å²) in [5.41, 5.74) is 3.88. The van der Waals surface area contributed by atoms with Crippen LogP contribution in [0, 0.1) is 6.92 Å². The van der Waals surface area contributed by atoms with Crippen LogP contribution >= 0.6 is 0 Å². The summed E-state index contributed by atoms with van der Waals surface area (Å²) in [7, 11) is 4.09. The van der Waals surface area contributed by atoms with Gasteiger partial charge in [-0.25, -0.2) is 0 Å². The first kappa shape index (κ1) is 11.1. The molecule has 0 aliphatic heterocycles. The van der Waals surface area contributed by atoms with Crippen molar-refractivity contribution >= 4 is 5.69 Å². The van der Waals surface area contributed by atoms with E-state index in [0.717, 1.165) is 12.8 Å². The minimum atomic E-state index is 0.273. The highest BCUT2D eigenvalue weighted by molar-refractivity contribution is 5.49. The summed E-state index contributed by atoms with van der Waals surface area (Å²) in [5, 5.41) is 8.75. The summed E-state index contributed by atoms with van der Waals surface area (Å²) in [5.74, 6) is 0. The molecule has 2 heteroatoms. The molecule has 0 saturated carbocycles. The average molecular weight is 193 g/mol. The first-order chi connectivity index (χ1) is 6.65. The molecule has 2 nitrogen and oxygen atoms in total. The number of aliphatic hydroxyl groups excluding tert-OH is 1. The summed E-state index contributed by atoms with van der Waals surface area (Å²) in [6.07, 6.45) is 1.82. The highest BCUT2D eigenvalue weighted by Crippen LogP contribution is 2.18. The van der Waals surface area contributed by atoms with Crippen LogP contribution in [0.1, 0.15) is 17.5 Å². The number of anilines is 1. The van der Waals surface area contributed by atoms with E-state index in [1.807, 2.05) is 14.1 Å². The van der Waals surface area contributed by atoms with Crippen LogP contribution in [-0.4, -0.2) is 25.8 Å². The molecule has 78 valence electrons. The molecule has 0 bridgehead atoms. The van der Waals surface area contributed by atoms with Crippen molar-refractivity contribution in [2.24, 2.45) is 0 Å². The van der Waals surface area contributed by atoms with Gasteiger partial charge in [0.25, 0.3) is 0 Å². The number of benzene rings is 1. The first-order valence-corrected chi connectivity index (χ1v) is 5.03. The van der Waals surface area contributed by atoms with Gasteiger partial charge in [0.15, 0.2) is 0 Å². The fraction of sp³-hybridized carbons (Fsp3) is 0.500. The third-order valence-corrected chi connectivity index (χ3v) is 2.45. The van der Waals surface area contributed by atoms with E-state index in [2.05, 4.69) is 30.0 Å². The summed E-state index contributed by atoms with van der Waals surface area (Å²) >= 11 is 0. The van der Waals surface area contributed by atoms with Crippen LogP contribution in [0.15, 0.2) is 18.2 Å². The van der Waals surface area contributed by atoms with Gasteiger partial charge in [0.2, 0.25) is 0 Å². The smallest absolute Gasteiger partial charge is 0.0434 e. The van der Waals surface area contributed by atoms with Crippen molar-refractivity contribution in [1.29, 1.82) is 0 Å². The fourth-order valence-corrected chi connectivity index (χ4v) is 1.51. The summed E-state index contributed by atoms with van der Waals surface area (Å²) in [6.45, 7) is 2.40. The molecule has 0 aromatic heterocycles. The normalized spacial score (nSPS) is 10.3. The summed E-state index contributed by atoms with van der Waals surface area (Å²) < 4.78 is 0. The number of aliphatic hydroxyl groups is 1. The van der Waals surface area contributed by atoms with E-state index in [-0.39, 0.29) is 6.61 Å². The van der Waals surface area contributed by atoms with Gasteiger partial charge in [0, 0.05) is 26.4 Å². The molecule has 14 heavy (non-hydrogen) atoms.